The van der Waals surface area contributed by atoms with Crippen LogP contribution in [0.3, 0.4) is 0 Å². The number of carbonyl (C=O) groups excluding carboxylic acids is 2. The number of carbonyl (C=O) groups is 3. The molecule has 40 heavy (non-hydrogen) atoms. The minimum absolute atomic E-state index is 0.136. The summed E-state index contributed by atoms with van der Waals surface area (Å²) in [5.74, 6) is -2.97. The van der Waals surface area contributed by atoms with Crippen molar-refractivity contribution < 1.29 is 34.4 Å². The van der Waals surface area contributed by atoms with Crippen molar-refractivity contribution in [3.05, 3.63) is 71.4 Å². The van der Waals surface area contributed by atoms with Gasteiger partial charge in [0.1, 0.15) is 11.9 Å². The average Bonchev–Trinajstić information content (AvgIpc) is 2.89. The largest absolute Gasteiger partial charge is 0.478 e. The molecule has 0 unspecified atom stereocenters. The van der Waals surface area contributed by atoms with E-state index >= 15 is 0 Å². The molecule has 0 saturated heterocycles. The Balaban J connectivity index is 2.76. The quantitative estimate of drug-likeness (QED) is 0.126. The first kappa shape index (κ1) is 35.0. The van der Waals surface area contributed by atoms with Crippen LogP contribution in [0.2, 0.25) is 0 Å². The highest BCUT2D eigenvalue weighted by Crippen LogP contribution is 2.24. The van der Waals surface area contributed by atoms with Gasteiger partial charge in [-0.3, -0.25) is 4.79 Å². The zero-order chi connectivity index (χ0) is 30.4. The van der Waals surface area contributed by atoms with E-state index in [2.05, 4.69) is 19.9 Å². The number of carboxylic acid groups (broad SMARTS) is 1. The van der Waals surface area contributed by atoms with Crippen molar-refractivity contribution in [2.24, 2.45) is 29.6 Å². The maximum absolute atomic E-state index is 13.0. The highest BCUT2D eigenvalue weighted by molar-refractivity contribution is 5.85. The van der Waals surface area contributed by atoms with Crippen molar-refractivity contribution in [2.45, 2.75) is 79.9 Å². The first-order chi connectivity index (χ1) is 18.8. The summed E-state index contributed by atoms with van der Waals surface area (Å²) < 4.78 is 5.38. The Labute approximate surface area is 239 Å². The molecule has 1 heterocycles. The highest BCUT2D eigenvalue weighted by Gasteiger charge is 2.30. The van der Waals surface area contributed by atoms with Crippen LogP contribution in [0.15, 0.2) is 71.4 Å². The van der Waals surface area contributed by atoms with Crippen LogP contribution in [0.4, 0.5) is 0 Å². The van der Waals surface area contributed by atoms with Crippen molar-refractivity contribution in [3.63, 3.8) is 0 Å². The molecule has 0 bridgehead atoms. The number of carboxylic acids is 1. The number of aliphatic carboxylic acids is 1. The molecule has 0 saturated carbocycles. The molecule has 0 aliphatic carbocycles. The van der Waals surface area contributed by atoms with Crippen molar-refractivity contribution >= 4 is 17.7 Å². The van der Waals surface area contributed by atoms with Crippen LogP contribution in [-0.4, -0.2) is 51.9 Å². The van der Waals surface area contributed by atoms with Crippen molar-refractivity contribution in [3.8, 4) is 0 Å². The summed E-state index contributed by atoms with van der Waals surface area (Å²) in [7, 11) is 0. The second kappa shape index (κ2) is 17.6. The lowest BCUT2D eigenvalue weighted by atomic mass is 9.82. The van der Waals surface area contributed by atoms with Crippen LogP contribution in [-0.2, 0) is 19.1 Å². The first-order valence-corrected chi connectivity index (χ1v) is 14.1. The predicted octanol–water partition coefficient (Wildman–Crippen LogP) is 5.76. The molecule has 1 aliphatic rings. The summed E-state index contributed by atoms with van der Waals surface area (Å²) in [4.78, 5) is 35.4. The molecule has 7 heteroatoms. The maximum Gasteiger partial charge on any atom is 0.331 e. The molecular formula is C33H48O7. The van der Waals surface area contributed by atoms with E-state index in [9.17, 15) is 24.6 Å². The third-order valence-electron chi connectivity index (χ3n) is 7.19. The van der Waals surface area contributed by atoms with Crippen LogP contribution in [0.5, 0.6) is 0 Å². The van der Waals surface area contributed by atoms with Crippen LogP contribution in [0.25, 0.3) is 0 Å². The van der Waals surface area contributed by atoms with Gasteiger partial charge in [-0.05, 0) is 51.0 Å². The normalized spacial score (nSPS) is 22.7. The fraction of sp³-hybridized carbons (Fsp3) is 0.545. The molecule has 7 nitrogen and oxygen atoms in total. The van der Waals surface area contributed by atoms with Gasteiger partial charge in [-0.1, -0.05) is 87.8 Å². The van der Waals surface area contributed by atoms with Gasteiger partial charge >= 0.3 is 11.9 Å². The summed E-state index contributed by atoms with van der Waals surface area (Å²) in [6.45, 7) is 12.8. The Hall–Kier alpha value is -3.03. The van der Waals surface area contributed by atoms with Gasteiger partial charge in [0.25, 0.3) is 0 Å². The van der Waals surface area contributed by atoms with Crippen LogP contribution >= 0.6 is 0 Å². The van der Waals surface area contributed by atoms with Gasteiger partial charge < -0.3 is 20.1 Å². The monoisotopic (exact) mass is 556 g/mol. The highest BCUT2D eigenvalue weighted by atomic mass is 16.5. The number of ketones is 1. The minimum Gasteiger partial charge on any atom is -0.478 e. The van der Waals surface area contributed by atoms with E-state index in [4.69, 9.17) is 9.84 Å². The van der Waals surface area contributed by atoms with E-state index in [1.165, 1.54) is 6.08 Å². The van der Waals surface area contributed by atoms with E-state index < -0.39 is 23.9 Å². The first-order valence-electron chi connectivity index (χ1n) is 14.1. The summed E-state index contributed by atoms with van der Waals surface area (Å²) in [6.07, 6.45) is 17.1. The van der Waals surface area contributed by atoms with Gasteiger partial charge in [0.15, 0.2) is 0 Å². The molecular weight excluding hydrogens is 508 g/mol. The van der Waals surface area contributed by atoms with E-state index in [1.54, 1.807) is 26.8 Å². The predicted molar refractivity (Wildman–Crippen MR) is 158 cm³/mol. The Kier molecular flexibility index (Phi) is 15.4. The van der Waals surface area contributed by atoms with Crippen molar-refractivity contribution in [1.29, 1.82) is 0 Å². The molecule has 0 aromatic carbocycles. The summed E-state index contributed by atoms with van der Waals surface area (Å²) in [5.41, 5.74) is 2.62. The Bertz CT molecular complexity index is 1040. The SMILES string of the molecule is CCC(/C=C/[C@@H]1OC(=O)C=C[C@@H]1C)=C\[C@H](C)C/C=C/C(C)=C/[C@H](CO)C(=O)[C@H](C)[C@@H](O)[C@H](C)C/C(C)=C/C(=O)O. The third-order valence-corrected chi connectivity index (χ3v) is 7.19. The van der Waals surface area contributed by atoms with E-state index in [1.807, 2.05) is 44.2 Å². The number of aliphatic hydroxyl groups excluding tert-OH is 2. The Morgan fingerprint density at radius 2 is 1.80 bits per heavy atom. The third kappa shape index (κ3) is 12.4. The van der Waals surface area contributed by atoms with E-state index in [-0.39, 0.29) is 42.2 Å². The molecule has 0 radical (unpaired) electrons. The Morgan fingerprint density at radius 3 is 2.40 bits per heavy atom. The lowest BCUT2D eigenvalue weighted by Gasteiger charge is -2.26. The number of cyclic esters (lactones) is 1. The number of Topliss-reactive ketones (excluding diaryl/α,β-unsaturated/α-hetero) is 1. The lowest BCUT2D eigenvalue weighted by molar-refractivity contribution is -0.143. The van der Waals surface area contributed by atoms with Gasteiger partial charge in [0.05, 0.1) is 18.6 Å². The molecule has 0 amide bonds. The van der Waals surface area contributed by atoms with Gasteiger partial charge in [-0.25, -0.2) is 9.59 Å². The zero-order valence-corrected chi connectivity index (χ0v) is 25.0. The number of hydrogen-bond donors (Lipinski definition) is 3. The Morgan fingerprint density at radius 1 is 1.12 bits per heavy atom. The lowest BCUT2D eigenvalue weighted by Crippen LogP contribution is -2.35. The second-order valence-corrected chi connectivity index (χ2v) is 11.1. The number of esters is 1. The second-order valence-electron chi connectivity index (χ2n) is 11.1. The number of rotatable bonds is 16. The van der Waals surface area contributed by atoms with Gasteiger partial charge in [0.2, 0.25) is 0 Å². The molecule has 1 aliphatic heterocycles. The van der Waals surface area contributed by atoms with Crippen LogP contribution in [0.1, 0.15) is 67.7 Å². The maximum atomic E-state index is 13.0. The number of allylic oxidation sites excluding steroid dienone is 7. The summed E-state index contributed by atoms with van der Waals surface area (Å²) in [6, 6.07) is 0. The minimum atomic E-state index is -1.04. The molecule has 1 rings (SSSR count). The van der Waals surface area contributed by atoms with Gasteiger partial charge in [-0.15, -0.1) is 0 Å². The standard InChI is InChI=1S/C33H48O7/c1-8-27(13-14-29-24(5)12-15-31(37)40-29)17-21(2)10-9-11-22(3)18-28(20-34)33(39)26(7)32(38)25(6)16-23(4)19-30(35)36/h9,11-15,17-19,21,24-26,28-29,32,34,38H,8,10,16,20H2,1-7H3,(H,35,36)/b11-9+,14-13+,22-18+,23-19+,27-17+/t21-,24+,25-,26-,28-,29+,32+/m1/s1. The van der Waals surface area contributed by atoms with Crippen LogP contribution < -0.4 is 0 Å². The summed E-state index contributed by atoms with van der Waals surface area (Å²) >= 11 is 0. The van der Waals surface area contributed by atoms with Gasteiger partial charge in [-0.2, -0.15) is 0 Å². The van der Waals surface area contributed by atoms with Crippen LogP contribution in [0, 0.1) is 29.6 Å². The van der Waals surface area contributed by atoms with E-state index in [0.717, 1.165) is 30.1 Å². The zero-order valence-electron chi connectivity index (χ0n) is 25.0. The molecule has 7 atom stereocenters. The summed E-state index contributed by atoms with van der Waals surface area (Å²) in [5, 5.41) is 29.5. The van der Waals surface area contributed by atoms with E-state index in [0.29, 0.717) is 12.0 Å². The molecule has 0 spiro atoms. The van der Waals surface area contributed by atoms with Crippen molar-refractivity contribution in [2.75, 3.05) is 6.61 Å². The number of aliphatic hydroxyl groups is 2. The molecule has 0 aromatic heterocycles. The molecule has 0 aromatic rings. The fourth-order valence-electron chi connectivity index (χ4n) is 4.74. The van der Waals surface area contributed by atoms with Crippen molar-refractivity contribution in [1.82, 2.24) is 0 Å². The average molecular weight is 557 g/mol. The number of ether oxygens (including phenoxy) is 1. The molecule has 0 fully saturated rings. The smallest absolute Gasteiger partial charge is 0.331 e. The van der Waals surface area contributed by atoms with Gasteiger partial charge in [0, 0.05) is 24.0 Å². The molecule has 3 N–H and O–H groups in total. The topological polar surface area (TPSA) is 121 Å². The fourth-order valence-corrected chi connectivity index (χ4v) is 4.74. The molecule has 222 valence electrons. The number of hydrogen-bond acceptors (Lipinski definition) is 6.